The molecular weight excluding hydrogens is 302 g/mol. The van der Waals surface area contributed by atoms with Crippen molar-refractivity contribution in [3.63, 3.8) is 0 Å². The molecule has 1 fully saturated rings. The number of aromatic nitrogens is 2. The Morgan fingerprint density at radius 2 is 1.76 bits per heavy atom. The lowest BCUT2D eigenvalue weighted by Crippen LogP contribution is -2.21. The van der Waals surface area contributed by atoms with Crippen LogP contribution in [0.2, 0.25) is 5.15 Å². The lowest BCUT2D eigenvalue weighted by Gasteiger charge is -2.22. The SMILES string of the molecule is Clc1ncnc(NC2CCCCCCC2)c1Br. The fourth-order valence-electron chi connectivity index (χ4n) is 2.24. The molecule has 1 saturated carbocycles. The second-order valence-corrected chi connectivity index (χ2v) is 5.66. The van der Waals surface area contributed by atoms with Crippen LogP contribution in [-0.2, 0) is 0 Å². The van der Waals surface area contributed by atoms with Gasteiger partial charge in [-0.15, -0.1) is 0 Å². The molecule has 0 bridgehead atoms. The van der Waals surface area contributed by atoms with Gasteiger partial charge in [-0.3, -0.25) is 0 Å². The third-order valence-corrected chi connectivity index (χ3v) is 4.46. The van der Waals surface area contributed by atoms with E-state index in [0.29, 0.717) is 11.2 Å². The van der Waals surface area contributed by atoms with Gasteiger partial charge in [0.1, 0.15) is 17.3 Å². The molecule has 5 heteroatoms. The minimum absolute atomic E-state index is 0.466. The summed E-state index contributed by atoms with van der Waals surface area (Å²) in [5, 5.41) is 3.94. The third-order valence-electron chi connectivity index (χ3n) is 3.19. The smallest absolute Gasteiger partial charge is 0.148 e. The van der Waals surface area contributed by atoms with Crippen molar-refractivity contribution < 1.29 is 0 Å². The first-order chi connectivity index (χ1) is 8.27. The summed E-state index contributed by atoms with van der Waals surface area (Å²) in [7, 11) is 0. The van der Waals surface area contributed by atoms with E-state index in [4.69, 9.17) is 11.6 Å². The van der Waals surface area contributed by atoms with Crippen molar-refractivity contribution in [1.82, 2.24) is 9.97 Å². The molecule has 0 saturated heterocycles. The van der Waals surface area contributed by atoms with E-state index >= 15 is 0 Å². The zero-order valence-corrected chi connectivity index (χ0v) is 12.1. The van der Waals surface area contributed by atoms with Crippen LogP contribution < -0.4 is 5.32 Å². The first-order valence-corrected chi connectivity index (χ1v) is 7.37. The van der Waals surface area contributed by atoms with E-state index < -0.39 is 0 Å². The lowest BCUT2D eigenvalue weighted by molar-refractivity contribution is 0.470. The minimum Gasteiger partial charge on any atom is -0.366 e. The highest BCUT2D eigenvalue weighted by atomic mass is 79.9. The van der Waals surface area contributed by atoms with Crippen LogP contribution in [0.25, 0.3) is 0 Å². The highest BCUT2D eigenvalue weighted by molar-refractivity contribution is 9.10. The van der Waals surface area contributed by atoms with Crippen LogP contribution in [0.15, 0.2) is 10.8 Å². The van der Waals surface area contributed by atoms with Crippen LogP contribution in [0.3, 0.4) is 0 Å². The fourth-order valence-corrected chi connectivity index (χ4v) is 2.70. The van der Waals surface area contributed by atoms with Gasteiger partial charge in [0, 0.05) is 6.04 Å². The van der Waals surface area contributed by atoms with Crippen molar-refractivity contribution >= 4 is 33.3 Å². The Labute approximate surface area is 116 Å². The van der Waals surface area contributed by atoms with E-state index in [1.807, 2.05) is 0 Å². The van der Waals surface area contributed by atoms with Gasteiger partial charge in [-0.05, 0) is 28.8 Å². The van der Waals surface area contributed by atoms with E-state index in [-0.39, 0.29) is 0 Å². The molecule has 1 aromatic heterocycles. The van der Waals surface area contributed by atoms with Crippen molar-refractivity contribution in [2.45, 2.75) is 51.0 Å². The molecule has 2 rings (SSSR count). The Hall–Kier alpha value is -0.350. The quantitative estimate of drug-likeness (QED) is 0.820. The van der Waals surface area contributed by atoms with E-state index in [1.54, 1.807) is 0 Å². The van der Waals surface area contributed by atoms with Crippen molar-refractivity contribution in [3.05, 3.63) is 16.0 Å². The molecule has 1 aliphatic rings. The maximum Gasteiger partial charge on any atom is 0.148 e. The summed E-state index contributed by atoms with van der Waals surface area (Å²) in [6.07, 6.45) is 10.6. The van der Waals surface area contributed by atoms with Crippen molar-refractivity contribution in [3.8, 4) is 0 Å². The number of nitrogens with zero attached hydrogens (tertiary/aromatic N) is 2. The predicted molar refractivity (Wildman–Crippen MR) is 74.5 cm³/mol. The average Bonchev–Trinajstić information content (AvgIpc) is 2.28. The highest BCUT2D eigenvalue weighted by Gasteiger charge is 2.14. The molecule has 1 aliphatic carbocycles. The van der Waals surface area contributed by atoms with E-state index in [9.17, 15) is 0 Å². The maximum absolute atomic E-state index is 5.95. The number of rotatable bonds is 2. The van der Waals surface area contributed by atoms with Gasteiger partial charge in [0.15, 0.2) is 0 Å². The van der Waals surface area contributed by atoms with E-state index in [2.05, 4.69) is 31.2 Å². The van der Waals surface area contributed by atoms with E-state index in [1.165, 1.54) is 51.3 Å². The number of hydrogen-bond acceptors (Lipinski definition) is 3. The van der Waals surface area contributed by atoms with Crippen molar-refractivity contribution in [2.75, 3.05) is 5.32 Å². The lowest BCUT2D eigenvalue weighted by atomic mass is 9.97. The van der Waals surface area contributed by atoms with Crippen molar-refractivity contribution in [1.29, 1.82) is 0 Å². The molecule has 94 valence electrons. The molecule has 1 heterocycles. The molecule has 1 N–H and O–H groups in total. The zero-order valence-electron chi connectivity index (χ0n) is 9.75. The molecule has 0 aliphatic heterocycles. The predicted octanol–water partition coefficient (Wildman–Crippen LogP) is 4.42. The molecule has 0 radical (unpaired) electrons. The van der Waals surface area contributed by atoms with Gasteiger partial charge in [0.25, 0.3) is 0 Å². The zero-order chi connectivity index (χ0) is 12.1. The number of nitrogens with one attached hydrogen (secondary N) is 1. The number of anilines is 1. The molecular formula is C12H17BrClN3. The van der Waals surface area contributed by atoms with Gasteiger partial charge in [0.2, 0.25) is 0 Å². The average molecular weight is 319 g/mol. The normalized spacial score (nSPS) is 18.5. The summed E-state index contributed by atoms with van der Waals surface area (Å²) in [5.74, 6) is 0.815. The fraction of sp³-hybridized carbons (Fsp3) is 0.667. The van der Waals surface area contributed by atoms with Crippen LogP contribution in [0.5, 0.6) is 0 Å². The summed E-state index contributed by atoms with van der Waals surface area (Å²) in [6.45, 7) is 0. The molecule has 3 nitrogen and oxygen atoms in total. The first-order valence-electron chi connectivity index (χ1n) is 6.20. The Bertz CT molecular complexity index is 365. The monoisotopic (exact) mass is 317 g/mol. The number of hydrogen-bond donors (Lipinski definition) is 1. The van der Waals surface area contributed by atoms with Gasteiger partial charge in [-0.2, -0.15) is 0 Å². The third kappa shape index (κ3) is 3.81. The standard InChI is InChI=1S/C12H17BrClN3/c13-10-11(14)15-8-16-12(10)17-9-6-4-2-1-3-5-7-9/h8-9H,1-7H2,(H,15,16,17). The molecule has 0 atom stereocenters. The van der Waals surface area contributed by atoms with Gasteiger partial charge in [-0.1, -0.05) is 43.7 Å². The summed E-state index contributed by atoms with van der Waals surface area (Å²) in [4.78, 5) is 8.17. The summed E-state index contributed by atoms with van der Waals surface area (Å²) >= 11 is 9.37. The van der Waals surface area contributed by atoms with Crippen LogP contribution in [-0.4, -0.2) is 16.0 Å². The number of halogens is 2. The van der Waals surface area contributed by atoms with Crippen LogP contribution in [0.4, 0.5) is 5.82 Å². The first kappa shape index (κ1) is 13.1. The van der Waals surface area contributed by atoms with E-state index in [0.717, 1.165) is 10.3 Å². The second kappa shape index (κ2) is 6.55. The summed E-state index contributed by atoms with van der Waals surface area (Å²) < 4.78 is 0.767. The largest absolute Gasteiger partial charge is 0.366 e. The maximum atomic E-state index is 5.95. The van der Waals surface area contributed by atoms with Gasteiger partial charge >= 0.3 is 0 Å². The highest BCUT2D eigenvalue weighted by Crippen LogP contribution is 2.28. The second-order valence-electron chi connectivity index (χ2n) is 4.51. The summed E-state index contributed by atoms with van der Waals surface area (Å²) in [6, 6.07) is 0.512. The minimum atomic E-state index is 0.466. The molecule has 1 aromatic rings. The molecule has 0 spiro atoms. The molecule has 0 unspecified atom stereocenters. The van der Waals surface area contributed by atoms with Crippen LogP contribution in [0, 0.1) is 0 Å². The Morgan fingerprint density at radius 3 is 2.47 bits per heavy atom. The Balaban J connectivity index is 2.00. The molecule has 0 amide bonds. The van der Waals surface area contributed by atoms with Gasteiger partial charge in [0.05, 0.1) is 4.47 Å². The van der Waals surface area contributed by atoms with Crippen LogP contribution >= 0.6 is 27.5 Å². The molecule has 17 heavy (non-hydrogen) atoms. The van der Waals surface area contributed by atoms with Crippen molar-refractivity contribution in [2.24, 2.45) is 0 Å². The topological polar surface area (TPSA) is 37.8 Å². The van der Waals surface area contributed by atoms with Crippen LogP contribution in [0.1, 0.15) is 44.9 Å². The molecule has 0 aromatic carbocycles. The Morgan fingerprint density at radius 1 is 1.12 bits per heavy atom. The summed E-state index contributed by atoms with van der Waals surface area (Å²) in [5.41, 5.74) is 0. The van der Waals surface area contributed by atoms with Gasteiger partial charge in [-0.25, -0.2) is 9.97 Å². The van der Waals surface area contributed by atoms with Gasteiger partial charge < -0.3 is 5.32 Å². The Kier molecular flexibility index (Phi) is 5.04.